The molecule has 12 rings (SSSR count). The van der Waals surface area contributed by atoms with Crippen LogP contribution in [0.1, 0.15) is 0 Å². The fourth-order valence-corrected chi connectivity index (χ4v) is 9.01. The van der Waals surface area contributed by atoms with E-state index in [0.717, 1.165) is 44.3 Å². The lowest BCUT2D eigenvalue weighted by Crippen LogP contribution is -1.94. The maximum atomic E-state index is 6.39. The van der Waals surface area contributed by atoms with Crippen molar-refractivity contribution in [2.24, 2.45) is 0 Å². The van der Waals surface area contributed by atoms with Gasteiger partial charge in [0, 0.05) is 49.8 Å². The van der Waals surface area contributed by atoms with E-state index in [1.807, 2.05) is 12.1 Å². The van der Waals surface area contributed by atoms with Gasteiger partial charge in [0.1, 0.15) is 11.2 Å². The fourth-order valence-electron chi connectivity index (χ4n) is 9.01. The summed E-state index contributed by atoms with van der Waals surface area (Å²) in [6.45, 7) is 0. The topological polar surface area (TPSA) is 23.0 Å². The normalized spacial score (nSPS) is 11.9. The Morgan fingerprint density at radius 3 is 1.42 bits per heavy atom. The van der Waals surface area contributed by atoms with E-state index in [2.05, 4.69) is 203 Å². The van der Waals surface area contributed by atoms with Crippen molar-refractivity contribution in [2.45, 2.75) is 0 Å². The third kappa shape index (κ3) is 4.99. The van der Waals surface area contributed by atoms with Crippen LogP contribution in [0, 0.1) is 0 Å². The zero-order valence-electron chi connectivity index (χ0n) is 30.9. The van der Waals surface area contributed by atoms with E-state index in [1.165, 1.54) is 66.0 Å². The van der Waals surface area contributed by atoms with E-state index in [1.54, 1.807) is 0 Å². The molecule has 0 saturated heterocycles. The van der Waals surface area contributed by atoms with Crippen molar-refractivity contribution in [3.8, 4) is 44.8 Å². The largest absolute Gasteiger partial charge is 0.456 e. The van der Waals surface area contributed by atoms with Crippen LogP contribution in [-0.2, 0) is 0 Å². The van der Waals surface area contributed by atoms with Crippen molar-refractivity contribution in [1.29, 1.82) is 0 Å². The Balaban J connectivity index is 1.02. The lowest BCUT2D eigenvalue weighted by Gasteiger charge is -2.10. The summed E-state index contributed by atoms with van der Waals surface area (Å²) in [6.07, 6.45) is 0. The summed E-state index contributed by atoms with van der Waals surface area (Å²) in [7, 11) is 0. The van der Waals surface area contributed by atoms with E-state index >= 15 is 0 Å². The molecule has 0 aliphatic rings. The van der Waals surface area contributed by atoms with E-state index in [0.29, 0.717) is 0 Å². The van der Waals surface area contributed by atoms with Crippen LogP contribution in [0.15, 0.2) is 211 Å². The number of benzene rings is 9. The quantitative estimate of drug-likeness (QED) is 0.173. The molecule has 0 amide bonds. The van der Waals surface area contributed by atoms with Gasteiger partial charge in [-0.3, -0.25) is 0 Å². The van der Waals surface area contributed by atoms with Crippen molar-refractivity contribution in [3.63, 3.8) is 0 Å². The van der Waals surface area contributed by atoms with E-state index in [9.17, 15) is 0 Å². The van der Waals surface area contributed by atoms with Crippen LogP contribution in [-0.4, -0.2) is 9.13 Å². The van der Waals surface area contributed by atoms with Crippen LogP contribution in [0.2, 0.25) is 0 Å². The van der Waals surface area contributed by atoms with Crippen LogP contribution >= 0.6 is 0 Å². The number of hydrogen-bond acceptors (Lipinski definition) is 1. The predicted molar refractivity (Wildman–Crippen MR) is 239 cm³/mol. The summed E-state index contributed by atoms with van der Waals surface area (Å²) in [5, 5.41) is 7.18. The van der Waals surface area contributed by atoms with Gasteiger partial charge in [-0.2, -0.15) is 0 Å². The zero-order chi connectivity index (χ0) is 37.5. The van der Waals surface area contributed by atoms with Crippen molar-refractivity contribution in [2.75, 3.05) is 0 Å². The molecule has 0 radical (unpaired) electrons. The molecule has 3 heteroatoms. The summed E-state index contributed by atoms with van der Waals surface area (Å²) in [5.41, 5.74) is 15.9. The molecule has 3 heterocycles. The van der Waals surface area contributed by atoms with Gasteiger partial charge in [0.15, 0.2) is 0 Å². The number of fused-ring (bicyclic) bond motifs is 9. The smallest absolute Gasteiger partial charge is 0.137 e. The number of furan rings is 1. The van der Waals surface area contributed by atoms with Crippen molar-refractivity contribution in [3.05, 3.63) is 206 Å². The number of rotatable bonds is 5. The molecule has 9 aromatic carbocycles. The van der Waals surface area contributed by atoms with Crippen molar-refractivity contribution >= 4 is 65.6 Å². The van der Waals surface area contributed by atoms with E-state index < -0.39 is 0 Å². The Morgan fingerprint density at radius 2 is 0.702 bits per heavy atom. The molecule has 0 fully saturated rings. The number of aromatic nitrogens is 2. The first-order valence-electron chi connectivity index (χ1n) is 19.5. The Bertz CT molecular complexity index is 3490. The molecule has 0 bridgehead atoms. The predicted octanol–water partition coefficient (Wildman–Crippen LogP) is 14.8. The molecule has 0 spiro atoms. The van der Waals surface area contributed by atoms with Gasteiger partial charge in [0.2, 0.25) is 0 Å². The summed E-state index contributed by atoms with van der Waals surface area (Å²) >= 11 is 0. The first kappa shape index (κ1) is 31.7. The highest BCUT2D eigenvalue weighted by Gasteiger charge is 2.18. The number of para-hydroxylation sites is 2. The average molecular weight is 727 g/mol. The van der Waals surface area contributed by atoms with Crippen molar-refractivity contribution in [1.82, 2.24) is 9.13 Å². The monoisotopic (exact) mass is 726 g/mol. The molecule has 57 heavy (non-hydrogen) atoms. The van der Waals surface area contributed by atoms with Gasteiger partial charge in [0.25, 0.3) is 0 Å². The van der Waals surface area contributed by atoms with Gasteiger partial charge < -0.3 is 13.6 Å². The summed E-state index contributed by atoms with van der Waals surface area (Å²) in [5.74, 6) is 0. The molecule has 0 unspecified atom stereocenters. The fraction of sp³-hybridized carbons (Fsp3) is 0. The van der Waals surface area contributed by atoms with Crippen molar-refractivity contribution < 1.29 is 4.42 Å². The minimum absolute atomic E-state index is 0.888. The van der Waals surface area contributed by atoms with Crippen LogP contribution < -0.4 is 0 Å². The molecule has 0 aliphatic carbocycles. The molecule has 0 atom stereocenters. The van der Waals surface area contributed by atoms with Gasteiger partial charge >= 0.3 is 0 Å². The highest BCUT2D eigenvalue weighted by atomic mass is 16.3. The lowest BCUT2D eigenvalue weighted by molar-refractivity contribution is 0.668. The molecule has 266 valence electrons. The second kappa shape index (κ2) is 12.5. The first-order chi connectivity index (χ1) is 28.2. The van der Waals surface area contributed by atoms with Gasteiger partial charge in [-0.25, -0.2) is 0 Å². The van der Waals surface area contributed by atoms with Crippen LogP contribution in [0.25, 0.3) is 110 Å². The first-order valence-corrected chi connectivity index (χ1v) is 19.5. The van der Waals surface area contributed by atoms with E-state index in [4.69, 9.17) is 4.42 Å². The molecule has 3 nitrogen and oxygen atoms in total. The highest BCUT2D eigenvalue weighted by molar-refractivity contribution is 6.14. The third-order valence-corrected chi connectivity index (χ3v) is 11.7. The second-order valence-electron chi connectivity index (χ2n) is 14.9. The minimum atomic E-state index is 0.888. The Hall–Kier alpha value is -7.62. The SMILES string of the molecule is c1ccc(-c2ccc(-n3c4ccccc4c4cc(-c5ccc6c(c5)c5ccc(-c7ccccc7)cc5n6-c5ccc6c(c5)oc5ccccc56)ccc43)cc2)cc1. The van der Waals surface area contributed by atoms with Crippen LogP contribution in [0.5, 0.6) is 0 Å². The molecule has 0 N–H and O–H groups in total. The molecular weight excluding hydrogens is 693 g/mol. The molecular formula is C54H34N2O. The Labute approximate surface area is 328 Å². The third-order valence-electron chi connectivity index (χ3n) is 11.7. The van der Waals surface area contributed by atoms with Crippen LogP contribution in [0.3, 0.4) is 0 Å². The van der Waals surface area contributed by atoms with Gasteiger partial charge in [-0.05, 0) is 100 Å². The zero-order valence-corrected chi connectivity index (χ0v) is 30.9. The number of nitrogens with zero attached hydrogens (tertiary/aromatic N) is 2. The lowest BCUT2D eigenvalue weighted by atomic mass is 9.99. The maximum absolute atomic E-state index is 6.39. The molecule has 3 aromatic heterocycles. The number of hydrogen-bond donors (Lipinski definition) is 0. The average Bonchev–Trinajstić information content (AvgIpc) is 3.93. The van der Waals surface area contributed by atoms with Gasteiger partial charge in [0.05, 0.1) is 22.1 Å². The van der Waals surface area contributed by atoms with Gasteiger partial charge in [-0.1, -0.05) is 133 Å². The Kier molecular flexibility index (Phi) is 6.93. The van der Waals surface area contributed by atoms with Gasteiger partial charge in [-0.15, -0.1) is 0 Å². The molecule has 0 saturated carbocycles. The highest BCUT2D eigenvalue weighted by Crippen LogP contribution is 2.40. The van der Waals surface area contributed by atoms with Crippen LogP contribution in [0.4, 0.5) is 0 Å². The standard InChI is InChI=1S/C54H34N2O/c1-3-11-35(12-4-1)37-19-24-41(25-20-37)55-49-17-9-7-15-43(49)47-31-38(22-29-50(47)55)39-23-30-51-48(32-39)44-27-21-40(36-13-5-2-6-14-36)33-52(44)56(51)42-26-28-46-45-16-8-10-18-53(45)57-54(46)34-42/h1-34H. The Morgan fingerprint density at radius 1 is 0.246 bits per heavy atom. The summed E-state index contributed by atoms with van der Waals surface area (Å²) < 4.78 is 11.2. The summed E-state index contributed by atoms with van der Waals surface area (Å²) in [6, 6.07) is 74.5. The molecule has 12 aromatic rings. The minimum Gasteiger partial charge on any atom is -0.456 e. The molecule has 0 aliphatic heterocycles. The second-order valence-corrected chi connectivity index (χ2v) is 14.9. The van der Waals surface area contributed by atoms with E-state index in [-0.39, 0.29) is 0 Å². The summed E-state index contributed by atoms with van der Waals surface area (Å²) in [4.78, 5) is 0. The maximum Gasteiger partial charge on any atom is 0.137 e.